The molecule has 94 heavy (non-hydrogen) atoms. The van der Waals surface area contributed by atoms with Gasteiger partial charge in [0.25, 0.3) is 0 Å². The molecule has 2 aliphatic rings. The molecular weight excluding hydrogens is 1200 g/mol. The highest BCUT2D eigenvalue weighted by molar-refractivity contribution is 6.00. The van der Waals surface area contributed by atoms with E-state index in [4.69, 9.17) is 26.7 Å². The number of nitrogens with two attached hydrogens (primary N) is 3. The Morgan fingerprint density at radius 2 is 0.894 bits per heavy atom. The standard InChI is InChI=1S/C39H55N5O7.C31H50N6O6/c1-26(2)23-31(43-35(47)29(24-27-15-8-6-9-16-27)25-33(45)28-17-10-7-11-18-28)37(49)44-22-14-20-32(44)36(48)42-30(34(40)46)19-12-13-21-41-38(50)51-39(3,4)5;1-20(2)18-24(36-27(39)22(32)19-21-12-7-6-8-13-21)29(41)37-17-11-15-25(37)28(40)35-23(26(33)38)14-9-10-16-34-30(42)43-31(3,4)5/h6-11,15-18,26,29-32H,12-14,19-25H2,1-5H3,(H2,40,46)(H,41,50)(H,42,48)(H,43,47);6-8,12-13,20,22-25H,9-11,14-19,32H2,1-5H3,(H2,33,38)(H,34,42)(H,35,40)(H,36,39)/t29-,30+,31+,32+;22-,23-,24-,25-/m10/s1. The minimum atomic E-state index is -0.955. The number of nitrogens with zero attached hydrogens (tertiary/aromatic N) is 2. The van der Waals surface area contributed by atoms with E-state index in [1.165, 1.54) is 9.80 Å². The molecule has 2 fully saturated rings. The second-order valence-electron chi connectivity index (χ2n) is 27.2. The summed E-state index contributed by atoms with van der Waals surface area (Å²) in [5.74, 6) is -4.65. The molecule has 8 atom stereocenters. The van der Waals surface area contributed by atoms with Gasteiger partial charge < -0.3 is 68.4 Å². The number of ether oxygens (including phenoxy) is 2. The van der Waals surface area contributed by atoms with Gasteiger partial charge in [0.2, 0.25) is 47.3 Å². The second kappa shape index (κ2) is 38.7. The summed E-state index contributed by atoms with van der Waals surface area (Å²) >= 11 is 0. The van der Waals surface area contributed by atoms with Gasteiger partial charge in [0.05, 0.1) is 6.04 Å². The van der Waals surface area contributed by atoms with Crippen LogP contribution in [0.15, 0.2) is 91.0 Å². The Morgan fingerprint density at radius 1 is 0.511 bits per heavy atom. The highest BCUT2D eigenvalue weighted by atomic mass is 16.6. The number of amides is 10. The molecule has 2 aliphatic heterocycles. The molecule has 518 valence electrons. The number of alkyl carbamates (subject to hydrolysis) is 2. The molecule has 0 aliphatic carbocycles. The number of unbranched alkanes of at least 4 members (excludes halogenated alkanes) is 2. The van der Waals surface area contributed by atoms with Gasteiger partial charge in [0.15, 0.2) is 5.78 Å². The predicted molar refractivity (Wildman–Crippen MR) is 358 cm³/mol. The lowest BCUT2D eigenvalue weighted by Gasteiger charge is -2.31. The largest absolute Gasteiger partial charge is 0.444 e. The van der Waals surface area contributed by atoms with Crippen LogP contribution in [0.4, 0.5) is 9.59 Å². The molecule has 0 radical (unpaired) electrons. The van der Waals surface area contributed by atoms with Crippen LogP contribution in [0.5, 0.6) is 0 Å². The monoisotopic (exact) mass is 1310 g/mol. The van der Waals surface area contributed by atoms with Crippen LogP contribution in [-0.2, 0) is 60.7 Å². The van der Waals surface area contributed by atoms with Crippen molar-refractivity contribution < 1.29 is 62.2 Å². The van der Waals surface area contributed by atoms with Crippen molar-refractivity contribution in [1.29, 1.82) is 0 Å². The normalized spacial score (nSPS) is 16.6. The van der Waals surface area contributed by atoms with E-state index < -0.39 is 107 Å². The van der Waals surface area contributed by atoms with Crippen LogP contribution < -0.4 is 49.1 Å². The Labute approximate surface area is 554 Å². The van der Waals surface area contributed by atoms with E-state index in [0.717, 1.165) is 11.1 Å². The third-order valence-corrected chi connectivity index (χ3v) is 15.7. The highest BCUT2D eigenvalue weighted by Gasteiger charge is 2.41. The number of carbonyl (C=O) groups excluding carboxylic acids is 11. The Hall–Kier alpha value is -8.41. The summed E-state index contributed by atoms with van der Waals surface area (Å²) < 4.78 is 10.4. The number of rotatable bonds is 33. The maximum Gasteiger partial charge on any atom is 0.407 e. The van der Waals surface area contributed by atoms with Crippen molar-refractivity contribution in [2.75, 3.05) is 26.2 Å². The quantitative estimate of drug-likeness (QED) is 0.0248. The Balaban J connectivity index is 0.000000406. The minimum Gasteiger partial charge on any atom is -0.444 e. The summed E-state index contributed by atoms with van der Waals surface area (Å²) in [4.78, 5) is 146. The zero-order chi connectivity index (χ0) is 69.7. The van der Waals surface area contributed by atoms with E-state index in [1.54, 1.807) is 65.8 Å². The van der Waals surface area contributed by atoms with Gasteiger partial charge in [-0.25, -0.2) is 9.59 Å². The average Bonchev–Trinajstić information content (AvgIpc) is 1.61. The van der Waals surface area contributed by atoms with Gasteiger partial charge in [-0.1, -0.05) is 119 Å². The van der Waals surface area contributed by atoms with Gasteiger partial charge in [0, 0.05) is 44.1 Å². The molecule has 10 amide bonds. The third kappa shape index (κ3) is 28.4. The average molecular weight is 1310 g/mol. The Bertz CT molecular complexity index is 2960. The van der Waals surface area contributed by atoms with Crippen LogP contribution >= 0.6 is 0 Å². The maximum absolute atomic E-state index is 14.1. The number of Topliss-reactive ketones (excluding diaryl/α,β-unsaturated/α-hetero) is 1. The topological polar surface area (TPSA) is 363 Å². The Kier molecular flexibility index (Phi) is 32.1. The molecule has 0 unspecified atom stereocenters. The smallest absolute Gasteiger partial charge is 0.407 e. The molecule has 2 saturated heterocycles. The molecule has 12 N–H and O–H groups in total. The van der Waals surface area contributed by atoms with Gasteiger partial charge in [-0.15, -0.1) is 0 Å². The molecule has 0 saturated carbocycles. The summed E-state index contributed by atoms with van der Waals surface area (Å²) in [7, 11) is 0. The zero-order valence-corrected chi connectivity index (χ0v) is 56.8. The van der Waals surface area contributed by atoms with Crippen molar-refractivity contribution in [2.45, 2.75) is 219 Å². The number of nitrogens with one attached hydrogen (secondary N) is 6. The number of primary amides is 2. The number of benzene rings is 3. The molecule has 5 rings (SSSR count). The number of hydrogen-bond donors (Lipinski definition) is 9. The predicted octanol–water partition coefficient (Wildman–Crippen LogP) is 6.05. The van der Waals surface area contributed by atoms with E-state index in [9.17, 15) is 52.7 Å². The molecule has 3 aromatic carbocycles. The lowest BCUT2D eigenvalue weighted by Crippen LogP contribution is -2.57. The van der Waals surface area contributed by atoms with Gasteiger partial charge in [-0.05, 0) is 154 Å². The van der Waals surface area contributed by atoms with Crippen LogP contribution in [0.1, 0.15) is 174 Å². The van der Waals surface area contributed by atoms with Crippen LogP contribution in [0.25, 0.3) is 0 Å². The summed E-state index contributed by atoms with van der Waals surface area (Å²) in [5.41, 5.74) is 18.5. The fourth-order valence-corrected chi connectivity index (χ4v) is 11.1. The van der Waals surface area contributed by atoms with E-state index in [1.807, 2.05) is 94.4 Å². The van der Waals surface area contributed by atoms with Crippen molar-refractivity contribution >= 4 is 65.2 Å². The summed E-state index contributed by atoms with van der Waals surface area (Å²) in [5, 5.41) is 16.5. The summed E-state index contributed by atoms with van der Waals surface area (Å²) in [6.07, 6.45) is 4.91. The number of carbonyl (C=O) groups is 11. The summed E-state index contributed by atoms with van der Waals surface area (Å²) in [6, 6.07) is 21.6. The van der Waals surface area contributed by atoms with Crippen molar-refractivity contribution in [3.63, 3.8) is 0 Å². The van der Waals surface area contributed by atoms with E-state index >= 15 is 0 Å². The van der Waals surface area contributed by atoms with Gasteiger partial charge in [-0.2, -0.15) is 0 Å². The third-order valence-electron chi connectivity index (χ3n) is 15.7. The first kappa shape index (κ1) is 78.0. The van der Waals surface area contributed by atoms with Gasteiger partial charge in [0.1, 0.15) is 47.5 Å². The minimum absolute atomic E-state index is 0.0341. The van der Waals surface area contributed by atoms with Gasteiger partial charge >= 0.3 is 12.2 Å². The number of ketones is 1. The number of hydrogen-bond acceptors (Lipinski definition) is 14. The maximum atomic E-state index is 14.1. The van der Waals surface area contributed by atoms with Crippen molar-refractivity contribution in [3.8, 4) is 0 Å². The molecule has 0 aromatic heterocycles. The highest BCUT2D eigenvalue weighted by Crippen LogP contribution is 2.25. The van der Waals surface area contributed by atoms with Crippen molar-refractivity contribution in [1.82, 2.24) is 41.7 Å². The first-order valence-electron chi connectivity index (χ1n) is 33.1. The fourth-order valence-electron chi connectivity index (χ4n) is 11.1. The molecule has 24 nitrogen and oxygen atoms in total. The molecular formula is C70H105N11O13. The lowest BCUT2D eigenvalue weighted by atomic mass is 9.90. The van der Waals surface area contributed by atoms with Crippen LogP contribution in [0, 0.1) is 17.8 Å². The van der Waals surface area contributed by atoms with Gasteiger partial charge in [-0.3, -0.25) is 43.2 Å². The molecule has 2 heterocycles. The molecule has 24 heteroatoms. The summed E-state index contributed by atoms with van der Waals surface area (Å²) in [6.45, 7) is 19.8. The molecule has 0 bridgehead atoms. The first-order valence-corrected chi connectivity index (χ1v) is 33.1. The van der Waals surface area contributed by atoms with Crippen LogP contribution in [-0.4, -0.2) is 155 Å². The first-order chi connectivity index (χ1) is 44.3. The van der Waals surface area contributed by atoms with Crippen LogP contribution in [0.3, 0.4) is 0 Å². The van der Waals surface area contributed by atoms with E-state index in [2.05, 4.69) is 31.9 Å². The van der Waals surface area contributed by atoms with Crippen molar-refractivity contribution in [2.24, 2.45) is 35.0 Å². The number of likely N-dealkylation sites (tertiary alicyclic amines) is 2. The lowest BCUT2D eigenvalue weighted by molar-refractivity contribution is -0.142. The molecule has 3 aromatic rings. The molecule has 0 spiro atoms. The van der Waals surface area contributed by atoms with E-state index in [-0.39, 0.29) is 48.7 Å². The zero-order valence-electron chi connectivity index (χ0n) is 56.8. The van der Waals surface area contributed by atoms with Crippen molar-refractivity contribution in [3.05, 3.63) is 108 Å². The van der Waals surface area contributed by atoms with Crippen LogP contribution in [0.2, 0.25) is 0 Å². The second-order valence-corrected chi connectivity index (χ2v) is 27.2. The Morgan fingerprint density at radius 3 is 1.28 bits per heavy atom. The fraction of sp³-hybridized carbons (Fsp3) is 0.586. The SMILES string of the molecule is CC(C)C[C@H](NC(=O)[C@@H](CC(=O)c1ccccc1)Cc1ccccc1)C(=O)N1CCC[C@H]1C(=O)N[C@@H](CCCCNC(=O)OC(C)(C)C)C(N)=O.CC(C)C[C@H](NC(=O)[C@@H](N)Cc1ccccc1)C(=O)N1CCC[C@H]1C(=O)N[C@@H](CCCCNC(=O)OC(C)(C)C)C(N)=O. The van der Waals surface area contributed by atoms with E-state index in [0.29, 0.717) is 109 Å².